The van der Waals surface area contributed by atoms with Crippen LogP contribution in [-0.4, -0.2) is 46.9 Å². The maximum atomic E-state index is 13.1. The lowest BCUT2D eigenvalue weighted by Gasteiger charge is -2.28. The third-order valence-electron chi connectivity index (χ3n) is 4.76. The lowest BCUT2D eigenvalue weighted by atomic mass is 10.1. The number of amides is 1. The van der Waals surface area contributed by atoms with Crippen LogP contribution < -0.4 is 4.74 Å². The molecule has 1 aromatic heterocycles. The van der Waals surface area contributed by atoms with Crippen molar-refractivity contribution in [3.8, 4) is 5.75 Å². The van der Waals surface area contributed by atoms with Gasteiger partial charge < -0.3 is 14.4 Å². The molecule has 0 bridgehead atoms. The zero-order valence-corrected chi connectivity index (χ0v) is 16.3. The van der Waals surface area contributed by atoms with E-state index in [1.165, 1.54) is 6.92 Å². The maximum Gasteiger partial charge on any atom is 0.263 e. The van der Waals surface area contributed by atoms with Crippen LogP contribution in [0.3, 0.4) is 0 Å². The fraction of sp³-hybridized carbons (Fsp3) is 0.409. The topological polar surface area (TPSA) is 68.7 Å². The smallest absolute Gasteiger partial charge is 0.263 e. The Morgan fingerprint density at radius 1 is 1.32 bits per heavy atom. The standard InChI is InChI=1S/C22H26N2O4/c1-16(25)19-7-3-8-20(12-19)28-17(2)22(26)24(15-21-9-5-11-27-21)14-18-6-4-10-23-13-18/h3-4,6-8,10,12-13,17,21H,5,9,11,14-15H2,1-2H3. The van der Waals surface area contributed by atoms with Crippen LogP contribution in [0, 0.1) is 0 Å². The maximum absolute atomic E-state index is 13.1. The lowest BCUT2D eigenvalue weighted by molar-refractivity contribution is -0.140. The van der Waals surface area contributed by atoms with Crippen LogP contribution in [0.15, 0.2) is 48.8 Å². The number of hydrogen-bond acceptors (Lipinski definition) is 5. The minimum absolute atomic E-state index is 0.0407. The van der Waals surface area contributed by atoms with E-state index < -0.39 is 6.10 Å². The first-order chi connectivity index (χ1) is 13.5. The van der Waals surface area contributed by atoms with Crippen molar-refractivity contribution in [3.05, 3.63) is 59.9 Å². The van der Waals surface area contributed by atoms with Gasteiger partial charge in [0.25, 0.3) is 5.91 Å². The highest BCUT2D eigenvalue weighted by atomic mass is 16.5. The number of aromatic nitrogens is 1. The van der Waals surface area contributed by atoms with Crippen molar-refractivity contribution < 1.29 is 19.1 Å². The van der Waals surface area contributed by atoms with Gasteiger partial charge >= 0.3 is 0 Å². The molecule has 0 N–H and O–H groups in total. The van der Waals surface area contributed by atoms with Crippen molar-refractivity contribution in [2.24, 2.45) is 0 Å². The first kappa shape index (κ1) is 20.0. The number of Topliss-reactive ketones (excluding diaryl/α,β-unsaturated/α-hetero) is 1. The van der Waals surface area contributed by atoms with Gasteiger partial charge in [-0.1, -0.05) is 18.2 Å². The second-order valence-corrected chi connectivity index (χ2v) is 7.06. The number of carbonyl (C=O) groups excluding carboxylic acids is 2. The molecule has 6 heteroatoms. The highest BCUT2D eigenvalue weighted by molar-refractivity contribution is 5.94. The summed E-state index contributed by atoms with van der Waals surface area (Å²) in [6, 6.07) is 10.7. The molecule has 3 rings (SSSR count). The predicted molar refractivity (Wildman–Crippen MR) is 105 cm³/mol. The zero-order valence-electron chi connectivity index (χ0n) is 16.3. The molecule has 0 saturated carbocycles. The summed E-state index contributed by atoms with van der Waals surface area (Å²) >= 11 is 0. The summed E-state index contributed by atoms with van der Waals surface area (Å²) in [4.78, 5) is 30.6. The van der Waals surface area contributed by atoms with Crippen LogP contribution in [0.2, 0.25) is 0 Å². The van der Waals surface area contributed by atoms with E-state index in [9.17, 15) is 9.59 Å². The first-order valence-electron chi connectivity index (χ1n) is 9.60. The number of nitrogens with zero attached hydrogens (tertiary/aromatic N) is 2. The molecule has 28 heavy (non-hydrogen) atoms. The Bertz CT molecular complexity index is 803. The molecule has 2 atom stereocenters. The molecule has 148 valence electrons. The van der Waals surface area contributed by atoms with Gasteiger partial charge in [0.2, 0.25) is 0 Å². The highest BCUT2D eigenvalue weighted by Gasteiger charge is 2.27. The number of carbonyl (C=O) groups is 2. The molecule has 1 amide bonds. The Labute approximate surface area is 165 Å². The molecule has 6 nitrogen and oxygen atoms in total. The Balaban J connectivity index is 1.71. The van der Waals surface area contributed by atoms with Crippen LogP contribution in [0.5, 0.6) is 5.75 Å². The summed E-state index contributed by atoms with van der Waals surface area (Å²) < 4.78 is 11.6. The molecule has 1 saturated heterocycles. The average Bonchev–Trinajstić information content (AvgIpc) is 3.21. The summed E-state index contributed by atoms with van der Waals surface area (Å²) in [6.45, 7) is 4.95. The van der Waals surface area contributed by atoms with Crippen molar-refractivity contribution in [3.63, 3.8) is 0 Å². The van der Waals surface area contributed by atoms with Crippen molar-refractivity contribution >= 4 is 11.7 Å². The van der Waals surface area contributed by atoms with E-state index in [1.807, 2.05) is 12.1 Å². The molecule has 0 spiro atoms. The largest absolute Gasteiger partial charge is 0.481 e. The normalized spacial score (nSPS) is 17.1. The van der Waals surface area contributed by atoms with Gasteiger partial charge in [-0.3, -0.25) is 14.6 Å². The van der Waals surface area contributed by atoms with Gasteiger partial charge in [0, 0.05) is 37.7 Å². The molecule has 0 aliphatic carbocycles. The van der Waals surface area contributed by atoms with Crippen LogP contribution in [0.1, 0.15) is 42.6 Å². The monoisotopic (exact) mass is 382 g/mol. The van der Waals surface area contributed by atoms with Crippen molar-refractivity contribution in [2.45, 2.75) is 45.4 Å². The van der Waals surface area contributed by atoms with Crippen LogP contribution in [0.25, 0.3) is 0 Å². The summed E-state index contributed by atoms with van der Waals surface area (Å²) in [5.41, 5.74) is 1.52. The molecular formula is C22H26N2O4. The SMILES string of the molecule is CC(=O)c1cccc(OC(C)C(=O)N(Cc2cccnc2)CC2CCCO2)c1. The van der Waals surface area contributed by atoms with E-state index in [1.54, 1.807) is 48.5 Å². The van der Waals surface area contributed by atoms with Crippen molar-refractivity contribution in [2.75, 3.05) is 13.2 Å². The summed E-state index contributed by atoms with van der Waals surface area (Å²) in [5, 5.41) is 0. The van der Waals surface area contributed by atoms with Gasteiger partial charge in [0.1, 0.15) is 5.75 Å². The van der Waals surface area contributed by atoms with Gasteiger partial charge in [-0.25, -0.2) is 0 Å². The van der Waals surface area contributed by atoms with Crippen LogP contribution in [-0.2, 0) is 16.1 Å². The van der Waals surface area contributed by atoms with E-state index in [-0.39, 0.29) is 17.8 Å². The predicted octanol–water partition coefficient (Wildman–Crippen LogP) is 3.26. The Hall–Kier alpha value is -2.73. The van der Waals surface area contributed by atoms with E-state index in [4.69, 9.17) is 9.47 Å². The number of benzene rings is 1. The second kappa shape index (κ2) is 9.46. The van der Waals surface area contributed by atoms with E-state index in [0.717, 1.165) is 25.0 Å². The third-order valence-corrected chi connectivity index (χ3v) is 4.76. The Morgan fingerprint density at radius 2 is 2.18 bits per heavy atom. The number of pyridine rings is 1. The number of rotatable bonds is 8. The van der Waals surface area contributed by atoms with Crippen molar-refractivity contribution in [1.82, 2.24) is 9.88 Å². The molecule has 1 fully saturated rings. The van der Waals surface area contributed by atoms with E-state index in [0.29, 0.717) is 24.4 Å². The van der Waals surface area contributed by atoms with Gasteiger partial charge in [0.05, 0.1) is 6.10 Å². The summed E-state index contributed by atoms with van der Waals surface area (Å²) in [6.07, 6.45) is 4.81. The van der Waals surface area contributed by atoms with Crippen LogP contribution >= 0.6 is 0 Å². The zero-order chi connectivity index (χ0) is 19.9. The number of hydrogen-bond donors (Lipinski definition) is 0. The summed E-state index contributed by atoms with van der Waals surface area (Å²) in [5.74, 6) is 0.348. The fourth-order valence-corrected chi connectivity index (χ4v) is 3.28. The molecule has 2 aromatic rings. The first-order valence-corrected chi connectivity index (χ1v) is 9.60. The minimum Gasteiger partial charge on any atom is -0.481 e. The number of ketones is 1. The van der Waals surface area contributed by atoms with Gasteiger partial charge in [-0.2, -0.15) is 0 Å². The van der Waals surface area contributed by atoms with Gasteiger partial charge in [-0.05, 0) is 50.5 Å². The third kappa shape index (κ3) is 5.39. The molecule has 1 aliphatic heterocycles. The molecule has 2 heterocycles. The fourth-order valence-electron chi connectivity index (χ4n) is 3.28. The second-order valence-electron chi connectivity index (χ2n) is 7.06. The Morgan fingerprint density at radius 3 is 2.86 bits per heavy atom. The molecule has 1 aromatic carbocycles. The molecular weight excluding hydrogens is 356 g/mol. The molecule has 2 unspecified atom stereocenters. The van der Waals surface area contributed by atoms with Crippen LogP contribution in [0.4, 0.5) is 0 Å². The van der Waals surface area contributed by atoms with E-state index >= 15 is 0 Å². The number of ether oxygens (including phenoxy) is 2. The lowest BCUT2D eigenvalue weighted by Crippen LogP contribution is -2.43. The van der Waals surface area contributed by atoms with Crippen molar-refractivity contribution in [1.29, 1.82) is 0 Å². The van der Waals surface area contributed by atoms with Gasteiger partial charge in [-0.15, -0.1) is 0 Å². The summed E-state index contributed by atoms with van der Waals surface area (Å²) in [7, 11) is 0. The Kier molecular flexibility index (Phi) is 6.76. The van der Waals surface area contributed by atoms with Gasteiger partial charge in [0.15, 0.2) is 11.9 Å². The average molecular weight is 382 g/mol. The molecule has 0 radical (unpaired) electrons. The molecule has 1 aliphatic rings. The minimum atomic E-state index is -0.680. The quantitative estimate of drug-likeness (QED) is 0.656. The van der Waals surface area contributed by atoms with E-state index in [2.05, 4.69) is 4.98 Å². The highest BCUT2D eigenvalue weighted by Crippen LogP contribution is 2.19.